The first-order valence-corrected chi connectivity index (χ1v) is 9.55. The maximum Gasteiger partial charge on any atom is 0.0656 e. The standard InChI is InChI=1S/C16H26INS/c1-4-7-18-16(14-9-15(17)19-10-14)13-6-5-11(2)12(3)8-13/h9-13,16,18H,4-8H2,1-3H3. The molecule has 1 nitrogen and oxygen atoms in total. The van der Waals surface area contributed by atoms with Crippen LogP contribution in [0.1, 0.15) is 58.1 Å². The molecule has 0 aliphatic heterocycles. The number of thiophene rings is 1. The lowest BCUT2D eigenvalue weighted by Gasteiger charge is -2.37. The van der Waals surface area contributed by atoms with Gasteiger partial charge < -0.3 is 5.32 Å². The molecule has 2 rings (SSSR count). The second-order valence-corrected chi connectivity index (χ2v) is 8.95. The molecular weight excluding hydrogens is 365 g/mol. The van der Waals surface area contributed by atoms with Gasteiger partial charge in [0.25, 0.3) is 0 Å². The fraction of sp³-hybridized carbons (Fsp3) is 0.750. The van der Waals surface area contributed by atoms with Gasteiger partial charge in [-0.25, -0.2) is 0 Å². The molecule has 1 aromatic rings. The zero-order chi connectivity index (χ0) is 13.8. The molecule has 0 bridgehead atoms. The highest BCUT2D eigenvalue weighted by Crippen LogP contribution is 2.40. The fourth-order valence-corrected chi connectivity index (χ4v) is 4.64. The average Bonchev–Trinajstić information content (AvgIpc) is 2.80. The molecule has 1 heterocycles. The minimum atomic E-state index is 0.578. The summed E-state index contributed by atoms with van der Waals surface area (Å²) in [6, 6.07) is 2.95. The van der Waals surface area contributed by atoms with Crippen LogP contribution in [0.2, 0.25) is 0 Å². The molecule has 19 heavy (non-hydrogen) atoms. The molecule has 108 valence electrons. The molecule has 4 atom stereocenters. The van der Waals surface area contributed by atoms with E-state index in [0.29, 0.717) is 6.04 Å². The van der Waals surface area contributed by atoms with Gasteiger partial charge in [-0.3, -0.25) is 0 Å². The van der Waals surface area contributed by atoms with Crippen molar-refractivity contribution in [2.75, 3.05) is 6.54 Å². The van der Waals surface area contributed by atoms with Crippen LogP contribution in [0.4, 0.5) is 0 Å². The fourth-order valence-electron chi connectivity index (χ4n) is 3.23. The molecule has 4 unspecified atom stereocenters. The predicted molar refractivity (Wildman–Crippen MR) is 93.7 cm³/mol. The van der Waals surface area contributed by atoms with Crippen molar-refractivity contribution in [3.8, 4) is 0 Å². The van der Waals surface area contributed by atoms with E-state index in [1.807, 2.05) is 11.3 Å². The Morgan fingerprint density at radius 2 is 2.16 bits per heavy atom. The minimum absolute atomic E-state index is 0.578. The van der Waals surface area contributed by atoms with Gasteiger partial charge in [-0.15, -0.1) is 11.3 Å². The third kappa shape index (κ3) is 4.18. The molecule has 1 aliphatic rings. The first kappa shape index (κ1) is 15.8. The van der Waals surface area contributed by atoms with E-state index in [2.05, 4.69) is 60.1 Å². The van der Waals surface area contributed by atoms with Gasteiger partial charge in [-0.2, -0.15) is 0 Å². The van der Waals surface area contributed by atoms with Gasteiger partial charge in [0.05, 0.1) is 2.88 Å². The highest BCUT2D eigenvalue weighted by molar-refractivity contribution is 14.1. The SMILES string of the molecule is CCCNC(c1csc(I)c1)C1CCC(C)C(C)C1. The van der Waals surface area contributed by atoms with Gasteiger partial charge >= 0.3 is 0 Å². The highest BCUT2D eigenvalue weighted by Gasteiger charge is 2.31. The molecule has 0 amide bonds. The van der Waals surface area contributed by atoms with E-state index in [4.69, 9.17) is 0 Å². The van der Waals surface area contributed by atoms with E-state index >= 15 is 0 Å². The Morgan fingerprint density at radius 1 is 1.37 bits per heavy atom. The summed E-state index contributed by atoms with van der Waals surface area (Å²) in [6.07, 6.45) is 5.39. The van der Waals surface area contributed by atoms with Gasteiger partial charge in [0.1, 0.15) is 0 Å². The zero-order valence-corrected chi connectivity index (χ0v) is 15.3. The van der Waals surface area contributed by atoms with Crippen molar-refractivity contribution in [1.82, 2.24) is 5.32 Å². The van der Waals surface area contributed by atoms with Crippen molar-refractivity contribution < 1.29 is 0 Å². The van der Waals surface area contributed by atoms with E-state index in [-0.39, 0.29) is 0 Å². The number of rotatable bonds is 5. The Morgan fingerprint density at radius 3 is 2.74 bits per heavy atom. The Balaban J connectivity index is 2.09. The molecule has 1 saturated carbocycles. The Labute approximate surface area is 135 Å². The number of halogens is 1. The summed E-state index contributed by atoms with van der Waals surface area (Å²) in [6.45, 7) is 8.25. The van der Waals surface area contributed by atoms with Crippen molar-refractivity contribution in [1.29, 1.82) is 0 Å². The van der Waals surface area contributed by atoms with Crippen LogP contribution in [-0.4, -0.2) is 6.54 Å². The van der Waals surface area contributed by atoms with Crippen LogP contribution < -0.4 is 5.32 Å². The Hall–Kier alpha value is 0.390. The largest absolute Gasteiger partial charge is 0.310 e. The summed E-state index contributed by atoms with van der Waals surface area (Å²) in [5, 5.41) is 6.17. The predicted octanol–water partition coefficient (Wildman–Crippen LogP) is 5.47. The second-order valence-electron chi connectivity index (χ2n) is 6.14. The summed E-state index contributed by atoms with van der Waals surface area (Å²) in [7, 11) is 0. The van der Waals surface area contributed by atoms with Crippen LogP contribution in [0, 0.1) is 20.6 Å². The third-order valence-corrected chi connectivity index (χ3v) is 6.48. The van der Waals surface area contributed by atoms with Crippen LogP contribution in [0.5, 0.6) is 0 Å². The van der Waals surface area contributed by atoms with Crippen molar-refractivity contribution in [2.45, 2.75) is 52.5 Å². The minimum Gasteiger partial charge on any atom is -0.310 e. The van der Waals surface area contributed by atoms with Crippen molar-refractivity contribution in [3.05, 3.63) is 19.9 Å². The quantitative estimate of drug-likeness (QED) is 0.657. The monoisotopic (exact) mass is 391 g/mol. The molecule has 1 aliphatic carbocycles. The lowest BCUT2D eigenvalue weighted by molar-refractivity contribution is 0.171. The Kier molecular flexibility index (Phi) is 6.15. The number of hydrogen-bond donors (Lipinski definition) is 1. The molecular formula is C16H26INS. The lowest BCUT2D eigenvalue weighted by Crippen LogP contribution is -2.33. The normalized spacial score (nSPS) is 29.4. The zero-order valence-electron chi connectivity index (χ0n) is 12.3. The highest BCUT2D eigenvalue weighted by atomic mass is 127. The van der Waals surface area contributed by atoms with Crippen molar-refractivity contribution in [2.24, 2.45) is 17.8 Å². The smallest absolute Gasteiger partial charge is 0.0656 e. The summed E-state index contributed by atoms with van der Waals surface area (Å²) in [4.78, 5) is 0. The van der Waals surface area contributed by atoms with Crippen LogP contribution in [0.15, 0.2) is 11.4 Å². The molecule has 1 aromatic heterocycles. The van der Waals surface area contributed by atoms with Gasteiger partial charge in [-0.05, 0) is 83.2 Å². The van der Waals surface area contributed by atoms with Crippen LogP contribution in [0.3, 0.4) is 0 Å². The molecule has 1 N–H and O–H groups in total. The van der Waals surface area contributed by atoms with E-state index < -0.39 is 0 Å². The Bertz CT molecular complexity index is 390. The van der Waals surface area contributed by atoms with Crippen molar-refractivity contribution >= 4 is 33.9 Å². The van der Waals surface area contributed by atoms with Gasteiger partial charge in [0.2, 0.25) is 0 Å². The lowest BCUT2D eigenvalue weighted by atomic mass is 9.72. The summed E-state index contributed by atoms with van der Waals surface area (Å²) < 4.78 is 1.41. The molecule has 0 radical (unpaired) electrons. The van der Waals surface area contributed by atoms with Crippen LogP contribution >= 0.6 is 33.9 Å². The molecule has 0 aromatic carbocycles. The molecule has 3 heteroatoms. The van der Waals surface area contributed by atoms with Crippen LogP contribution in [-0.2, 0) is 0 Å². The van der Waals surface area contributed by atoms with Gasteiger partial charge in [0, 0.05) is 6.04 Å². The first-order chi connectivity index (χ1) is 9.11. The average molecular weight is 391 g/mol. The molecule has 1 fully saturated rings. The summed E-state index contributed by atoms with van der Waals surface area (Å²) >= 11 is 4.32. The third-order valence-electron chi connectivity index (χ3n) is 4.67. The van der Waals surface area contributed by atoms with Gasteiger partial charge in [0.15, 0.2) is 0 Å². The van der Waals surface area contributed by atoms with E-state index in [1.54, 1.807) is 0 Å². The van der Waals surface area contributed by atoms with Crippen LogP contribution in [0.25, 0.3) is 0 Å². The van der Waals surface area contributed by atoms with E-state index in [1.165, 1.54) is 34.1 Å². The summed E-state index contributed by atoms with van der Waals surface area (Å²) in [5.74, 6) is 2.61. The topological polar surface area (TPSA) is 12.0 Å². The number of nitrogens with one attached hydrogen (secondary N) is 1. The summed E-state index contributed by atoms with van der Waals surface area (Å²) in [5.41, 5.74) is 1.52. The number of hydrogen-bond acceptors (Lipinski definition) is 2. The maximum atomic E-state index is 3.81. The van der Waals surface area contributed by atoms with Crippen molar-refractivity contribution in [3.63, 3.8) is 0 Å². The maximum absolute atomic E-state index is 3.81. The molecule has 0 spiro atoms. The van der Waals surface area contributed by atoms with E-state index in [9.17, 15) is 0 Å². The first-order valence-electron chi connectivity index (χ1n) is 7.59. The molecule has 0 saturated heterocycles. The van der Waals surface area contributed by atoms with E-state index in [0.717, 1.165) is 24.3 Å². The van der Waals surface area contributed by atoms with Gasteiger partial charge in [-0.1, -0.05) is 27.2 Å². The second kappa shape index (κ2) is 7.41.